The second kappa shape index (κ2) is 16.3. The third-order valence-corrected chi connectivity index (χ3v) is 11.4. The van der Waals surface area contributed by atoms with Crippen molar-refractivity contribution in [3.8, 4) is 11.1 Å². The molecule has 6 aromatic rings. The van der Waals surface area contributed by atoms with Gasteiger partial charge in [0.1, 0.15) is 11.2 Å². The van der Waals surface area contributed by atoms with E-state index in [9.17, 15) is 23.3 Å². The molecular formula is C39H35ClN6O6S2. The van der Waals surface area contributed by atoms with Crippen molar-refractivity contribution in [3.05, 3.63) is 142 Å². The number of para-hydroxylation sites is 2. The van der Waals surface area contributed by atoms with Crippen LogP contribution in [0.4, 0.5) is 17.1 Å². The number of nitrogens with one attached hydrogen (secondary N) is 2. The van der Waals surface area contributed by atoms with Gasteiger partial charge in [-0.25, -0.2) is 18.1 Å². The molecule has 54 heavy (non-hydrogen) atoms. The van der Waals surface area contributed by atoms with E-state index in [2.05, 4.69) is 38.3 Å². The summed E-state index contributed by atoms with van der Waals surface area (Å²) in [7, 11) is -4.42. The lowest BCUT2D eigenvalue weighted by Crippen LogP contribution is -2.46. The average Bonchev–Trinajstić information content (AvgIpc) is 3.60. The number of benzene rings is 5. The van der Waals surface area contributed by atoms with Gasteiger partial charge in [0.05, 0.1) is 9.82 Å². The maximum atomic E-state index is 13.2. The maximum absolute atomic E-state index is 13.2. The van der Waals surface area contributed by atoms with Crippen LogP contribution in [0.3, 0.4) is 0 Å². The molecule has 0 bridgehead atoms. The quantitative estimate of drug-likeness (QED) is 0.0513. The lowest BCUT2D eigenvalue weighted by atomic mass is 9.99. The van der Waals surface area contributed by atoms with Gasteiger partial charge in [-0.05, 0) is 77.4 Å². The Morgan fingerprint density at radius 3 is 2.39 bits per heavy atom. The highest BCUT2D eigenvalue weighted by Gasteiger charge is 2.25. The minimum absolute atomic E-state index is 0.139. The minimum Gasteiger partial charge on any atom is -0.431 e. The first-order chi connectivity index (χ1) is 26.1. The zero-order chi connectivity index (χ0) is 37.7. The summed E-state index contributed by atoms with van der Waals surface area (Å²) in [5.74, 6) is -0.363. The molecule has 1 fully saturated rings. The summed E-state index contributed by atoms with van der Waals surface area (Å²) in [6.07, 6.45) is 0. The van der Waals surface area contributed by atoms with Crippen molar-refractivity contribution in [2.45, 2.75) is 16.7 Å². The predicted molar refractivity (Wildman–Crippen MR) is 212 cm³/mol. The smallest absolute Gasteiger partial charge is 0.293 e. The Bertz CT molecular complexity index is 2370. The number of carbonyl (C=O) groups excluding carboxylic acids is 1. The number of nitro groups is 1. The Morgan fingerprint density at radius 1 is 0.907 bits per heavy atom. The van der Waals surface area contributed by atoms with E-state index < -0.39 is 31.4 Å². The molecule has 1 saturated heterocycles. The van der Waals surface area contributed by atoms with Gasteiger partial charge in [-0.1, -0.05) is 71.9 Å². The third-order valence-electron chi connectivity index (χ3n) is 9.03. The molecule has 276 valence electrons. The molecule has 0 aliphatic carbocycles. The summed E-state index contributed by atoms with van der Waals surface area (Å²) in [5.41, 5.74) is 5.62. The monoisotopic (exact) mass is 782 g/mol. The number of piperazine rings is 1. The van der Waals surface area contributed by atoms with Crippen LogP contribution in [-0.4, -0.2) is 67.6 Å². The van der Waals surface area contributed by atoms with E-state index in [4.69, 9.17) is 16.0 Å². The highest BCUT2D eigenvalue weighted by atomic mass is 35.5. The van der Waals surface area contributed by atoms with Crippen LogP contribution < -0.4 is 14.9 Å². The second-order valence-electron chi connectivity index (χ2n) is 12.6. The molecule has 7 rings (SSSR count). The maximum Gasteiger partial charge on any atom is 0.293 e. The van der Waals surface area contributed by atoms with Crippen molar-refractivity contribution < 1.29 is 22.6 Å². The number of halogens is 1. The largest absolute Gasteiger partial charge is 0.431 e. The van der Waals surface area contributed by atoms with Crippen LogP contribution >= 0.6 is 23.4 Å². The van der Waals surface area contributed by atoms with Gasteiger partial charge >= 0.3 is 0 Å². The number of thioether (sulfide) groups is 1. The van der Waals surface area contributed by atoms with Crippen LogP contribution in [0, 0.1) is 10.1 Å². The van der Waals surface area contributed by atoms with Gasteiger partial charge in [0, 0.05) is 67.4 Å². The van der Waals surface area contributed by atoms with Crippen molar-refractivity contribution in [3.63, 3.8) is 0 Å². The number of nitrogens with zero attached hydrogens (tertiary/aromatic N) is 4. The SMILES string of the molecule is O=C(NS(=O)(=O)c1ccc(NCCSc2nc3ccccc3o2)c([N+](=O)[O-])c1)c1ccc(N2CCN(Cc3cc(Cl)ccc3-c3ccccc3)CC2)cc1. The number of aromatic nitrogens is 1. The minimum atomic E-state index is -4.42. The summed E-state index contributed by atoms with van der Waals surface area (Å²) in [4.78, 5) is 32.8. The highest BCUT2D eigenvalue weighted by molar-refractivity contribution is 7.99. The fourth-order valence-electron chi connectivity index (χ4n) is 6.28. The topological polar surface area (TPSA) is 151 Å². The number of anilines is 2. The van der Waals surface area contributed by atoms with E-state index >= 15 is 0 Å². The molecule has 0 unspecified atom stereocenters. The van der Waals surface area contributed by atoms with Gasteiger partial charge in [0.15, 0.2) is 5.58 Å². The average molecular weight is 783 g/mol. The fourth-order valence-corrected chi connectivity index (χ4v) is 8.16. The van der Waals surface area contributed by atoms with Crippen molar-refractivity contribution in [1.29, 1.82) is 0 Å². The number of amides is 1. The van der Waals surface area contributed by atoms with Gasteiger partial charge < -0.3 is 14.6 Å². The first kappa shape index (κ1) is 36.9. The zero-order valence-corrected chi connectivity index (χ0v) is 31.2. The second-order valence-corrected chi connectivity index (χ2v) is 15.7. The molecular weight excluding hydrogens is 748 g/mol. The summed E-state index contributed by atoms with van der Waals surface area (Å²) in [6.45, 7) is 4.25. The van der Waals surface area contributed by atoms with Crippen LogP contribution in [0.1, 0.15) is 15.9 Å². The van der Waals surface area contributed by atoms with Gasteiger partial charge in [-0.15, -0.1) is 0 Å². The molecule has 0 atom stereocenters. The normalized spacial score (nSPS) is 13.5. The number of nitro benzene ring substituents is 1. The summed E-state index contributed by atoms with van der Waals surface area (Å²) in [6, 6.07) is 33.8. The Balaban J connectivity index is 0.926. The van der Waals surface area contributed by atoms with Gasteiger partial charge in [-0.2, -0.15) is 0 Å². The van der Waals surface area contributed by atoms with E-state index in [0.717, 1.165) is 66.7 Å². The molecule has 1 aliphatic heterocycles. The van der Waals surface area contributed by atoms with Crippen LogP contribution in [0.25, 0.3) is 22.2 Å². The lowest BCUT2D eigenvalue weighted by molar-refractivity contribution is -0.384. The van der Waals surface area contributed by atoms with Gasteiger partial charge in [0.25, 0.3) is 26.8 Å². The first-order valence-electron chi connectivity index (χ1n) is 17.1. The van der Waals surface area contributed by atoms with E-state index in [1.165, 1.54) is 23.9 Å². The van der Waals surface area contributed by atoms with Crippen LogP contribution in [-0.2, 0) is 16.6 Å². The van der Waals surface area contributed by atoms with E-state index in [1.54, 1.807) is 24.3 Å². The van der Waals surface area contributed by atoms with E-state index in [1.807, 2.05) is 59.3 Å². The Kier molecular flexibility index (Phi) is 11.2. The molecule has 12 nitrogen and oxygen atoms in total. The molecule has 15 heteroatoms. The van der Waals surface area contributed by atoms with Gasteiger partial charge in [-0.3, -0.25) is 19.8 Å². The molecule has 2 heterocycles. The van der Waals surface area contributed by atoms with Crippen molar-refractivity contribution >= 4 is 67.5 Å². The number of rotatable bonds is 13. The zero-order valence-electron chi connectivity index (χ0n) is 28.9. The van der Waals surface area contributed by atoms with Crippen molar-refractivity contribution in [2.24, 2.45) is 0 Å². The number of oxazole rings is 1. The molecule has 2 N–H and O–H groups in total. The van der Waals surface area contributed by atoms with E-state index in [-0.39, 0.29) is 11.3 Å². The Morgan fingerprint density at radius 2 is 1.65 bits per heavy atom. The third kappa shape index (κ3) is 8.69. The summed E-state index contributed by atoms with van der Waals surface area (Å²) >= 11 is 7.71. The lowest BCUT2D eigenvalue weighted by Gasteiger charge is -2.36. The van der Waals surface area contributed by atoms with Crippen molar-refractivity contribution in [1.82, 2.24) is 14.6 Å². The summed E-state index contributed by atoms with van der Waals surface area (Å²) in [5, 5.41) is 16.0. The predicted octanol–water partition coefficient (Wildman–Crippen LogP) is 7.70. The number of sulfonamides is 1. The molecule has 1 aromatic heterocycles. The van der Waals surface area contributed by atoms with Crippen LogP contribution in [0.2, 0.25) is 5.02 Å². The van der Waals surface area contributed by atoms with E-state index in [0.29, 0.717) is 28.1 Å². The standard InChI is InChI=1S/C39H35ClN6O6S2/c40-30-12-16-33(27-6-2-1-3-7-27)29(24-30)26-44-19-21-45(22-20-44)31-13-10-28(11-14-31)38(47)43-54(50,51)32-15-17-34(36(25-32)46(48)49)41-18-23-53-39-42-35-8-4-5-9-37(35)52-39/h1-17,24-25,41H,18-23,26H2,(H,43,47). The molecule has 0 radical (unpaired) electrons. The number of hydrogen-bond acceptors (Lipinski definition) is 11. The molecule has 1 amide bonds. The molecule has 5 aromatic carbocycles. The molecule has 0 spiro atoms. The Labute approximate surface area is 321 Å². The number of carbonyl (C=O) groups is 1. The van der Waals surface area contributed by atoms with Crippen LogP contribution in [0.15, 0.2) is 130 Å². The molecule has 1 aliphatic rings. The van der Waals surface area contributed by atoms with Gasteiger partial charge in [0.2, 0.25) is 0 Å². The summed E-state index contributed by atoms with van der Waals surface area (Å²) < 4.78 is 34.1. The first-order valence-corrected chi connectivity index (χ1v) is 20.0. The van der Waals surface area contributed by atoms with Crippen molar-refractivity contribution in [2.75, 3.05) is 48.7 Å². The number of fused-ring (bicyclic) bond motifs is 1. The Hall–Kier alpha value is -5.41. The molecule has 0 saturated carbocycles. The van der Waals surface area contributed by atoms with Crippen LogP contribution in [0.5, 0.6) is 0 Å². The number of hydrogen-bond donors (Lipinski definition) is 2. The highest BCUT2D eigenvalue weighted by Crippen LogP contribution is 2.30. The fraction of sp³-hybridized carbons (Fsp3) is 0.179.